The Morgan fingerprint density at radius 2 is 1.27 bits per heavy atom. The molecule has 1 heterocycles. The maximum atomic E-state index is 13.8. The zero-order valence-corrected chi connectivity index (χ0v) is 24.0. The van der Waals surface area contributed by atoms with Crippen molar-refractivity contribution in [3.05, 3.63) is 78.4 Å². The maximum absolute atomic E-state index is 13.8. The lowest BCUT2D eigenvalue weighted by Crippen LogP contribution is -2.46. The van der Waals surface area contributed by atoms with Crippen molar-refractivity contribution in [3.8, 4) is 5.75 Å². The average molecular weight is 623 g/mol. The van der Waals surface area contributed by atoms with Crippen LogP contribution in [0.3, 0.4) is 0 Å². The molecule has 4 rings (SSSR count). The number of anilines is 1. The van der Waals surface area contributed by atoms with Crippen LogP contribution >= 0.6 is 0 Å². The molecule has 1 aliphatic heterocycles. The fourth-order valence-corrected chi connectivity index (χ4v) is 6.92. The molecule has 3 aromatic carbocycles. The topological polar surface area (TPSA) is 204 Å². The lowest BCUT2D eigenvalue weighted by atomic mass is 10.1. The number of carbonyl (C=O) groups is 2. The second-order valence-electron chi connectivity index (χ2n) is 9.06. The van der Waals surface area contributed by atoms with E-state index in [0.29, 0.717) is 11.3 Å². The predicted molar refractivity (Wildman–Crippen MR) is 147 cm³/mol. The van der Waals surface area contributed by atoms with E-state index in [1.807, 2.05) is 0 Å². The molecule has 1 saturated heterocycles. The third-order valence-electron chi connectivity index (χ3n) is 6.43. The molecule has 1 fully saturated rings. The molecule has 0 aromatic heterocycles. The van der Waals surface area contributed by atoms with Gasteiger partial charge in [-0.05, 0) is 72.6 Å². The number of nitrogens with zero attached hydrogens (tertiary/aromatic N) is 2. The molecule has 1 aliphatic rings. The number of nitrogens with two attached hydrogens (primary N) is 2. The zero-order valence-electron chi connectivity index (χ0n) is 21.6. The Balaban J connectivity index is 1.68. The van der Waals surface area contributed by atoms with Gasteiger partial charge in [0.15, 0.2) is 0 Å². The molecular weight excluding hydrogens is 596 g/mol. The standard InChI is InChI=1S/C25H26N4O9S3/c1-38-19-6-12-22(13-7-19)41(36,37)28(15-14-17-2-8-20(9-3-17)39(26,32)33)23-16-24(30)29(25(23)31)18-4-10-21(11-5-18)40(27,34)35/h2-13,23H,14-16H2,1H3,(H2,26,32,33)(H2,27,34,35). The molecule has 0 saturated carbocycles. The van der Waals surface area contributed by atoms with Crippen LogP contribution in [0.5, 0.6) is 5.75 Å². The summed E-state index contributed by atoms with van der Waals surface area (Å²) in [5.41, 5.74) is 0.606. The molecule has 13 nitrogen and oxygen atoms in total. The number of amides is 2. The Morgan fingerprint density at radius 3 is 1.76 bits per heavy atom. The highest BCUT2D eigenvalue weighted by atomic mass is 32.2. The van der Waals surface area contributed by atoms with E-state index in [4.69, 9.17) is 15.0 Å². The number of hydrogen-bond donors (Lipinski definition) is 2. The fourth-order valence-electron chi connectivity index (χ4n) is 4.31. The normalized spacial score (nSPS) is 16.4. The molecule has 3 aromatic rings. The van der Waals surface area contributed by atoms with Crippen LogP contribution in [0.4, 0.5) is 5.69 Å². The predicted octanol–water partition coefficient (Wildman–Crippen LogP) is 0.556. The zero-order chi connectivity index (χ0) is 30.2. The third kappa shape index (κ3) is 6.47. The van der Waals surface area contributed by atoms with Crippen LogP contribution in [0, 0.1) is 0 Å². The van der Waals surface area contributed by atoms with E-state index in [2.05, 4.69) is 0 Å². The molecule has 4 N–H and O–H groups in total. The molecule has 2 amide bonds. The molecule has 1 atom stereocenters. The number of benzene rings is 3. The van der Waals surface area contributed by atoms with Gasteiger partial charge in [0.2, 0.25) is 36.0 Å². The van der Waals surface area contributed by atoms with Crippen molar-refractivity contribution in [3.63, 3.8) is 0 Å². The van der Waals surface area contributed by atoms with Crippen LogP contribution in [0.15, 0.2) is 87.5 Å². The van der Waals surface area contributed by atoms with Gasteiger partial charge in [-0.15, -0.1) is 0 Å². The largest absolute Gasteiger partial charge is 0.497 e. The molecule has 0 radical (unpaired) electrons. The van der Waals surface area contributed by atoms with E-state index >= 15 is 0 Å². The number of methoxy groups -OCH3 is 1. The Kier molecular flexibility index (Phi) is 8.35. The van der Waals surface area contributed by atoms with Gasteiger partial charge < -0.3 is 4.74 Å². The summed E-state index contributed by atoms with van der Waals surface area (Å²) in [6.07, 6.45) is -0.392. The first kappa shape index (κ1) is 30.3. The molecule has 0 bridgehead atoms. The van der Waals surface area contributed by atoms with Gasteiger partial charge in [-0.1, -0.05) is 12.1 Å². The number of ether oxygens (including phenoxy) is 1. The molecule has 0 aliphatic carbocycles. The molecule has 0 spiro atoms. The van der Waals surface area contributed by atoms with Gasteiger partial charge in [0.05, 0.1) is 33.9 Å². The van der Waals surface area contributed by atoms with Gasteiger partial charge in [-0.3, -0.25) is 9.59 Å². The SMILES string of the molecule is COc1ccc(S(=O)(=O)N(CCc2ccc(S(N)(=O)=O)cc2)C2CC(=O)N(c3ccc(S(N)(=O)=O)cc3)C2=O)cc1. The van der Waals surface area contributed by atoms with Crippen molar-refractivity contribution in [1.29, 1.82) is 0 Å². The minimum atomic E-state index is -4.33. The van der Waals surface area contributed by atoms with E-state index < -0.39 is 54.3 Å². The lowest BCUT2D eigenvalue weighted by molar-refractivity contribution is -0.122. The summed E-state index contributed by atoms with van der Waals surface area (Å²) in [5, 5.41) is 10.3. The Bertz CT molecular complexity index is 1790. The monoisotopic (exact) mass is 622 g/mol. The van der Waals surface area contributed by atoms with E-state index in [0.717, 1.165) is 21.3 Å². The summed E-state index contributed by atoms with van der Waals surface area (Å²) < 4.78 is 80.0. The van der Waals surface area contributed by atoms with Crippen LogP contribution in [0.1, 0.15) is 12.0 Å². The Labute approximate surface area is 237 Å². The van der Waals surface area contributed by atoms with Crippen molar-refractivity contribution in [2.24, 2.45) is 10.3 Å². The summed E-state index contributed by atoms with van der Waals surface area (Å²) in [6, 6.07) is 14.3. The second-order valence-corrected chi connectivity index (χ2v) is 14.1. The summed E-state index contributed by atoms with van der Waals surface area (Å²) in [6.45, 7) is -0.231. The van der Waals surface area contributed by atoms with Gasteiger partial charge >= 0.3 is 0 Å². The number of primary sulfonamides is 2. The van der Waals surface area contributed by atoms with Crippen LogP contribution < -0.4 is 19.9 Å². The van der Waals surface area contributed by atoms with Crippen molar-refractivity contribution in [2.45, 2.75) is 33.6 Å². The summed E-state index contributed by atoms with van der Waals surface area (Å²) >= 11 is 0. The third-order valence-corrected chi connectivity index (χ3v) is 10.2. The van der Waals surface area contributed by atoms with Crippen LogP contribution in [-0.2, 0) is 46.1 Å². The quantitative estimate of drug-likeness (QED) is 0.303. The molecular formula is C25H26N4O9S3. The summed E-state index contributed by atoms with van der Waals surface area (Å²) in [5.74, 6) is -1.09. The first-order chi connectivity index (χ1) is 19.1. The van der Waals surface area contributed by atoms with E-state index in [1.54, 1.807) is 0 Å². The second kappa shape index (κ2) is 11.3. The smallest absolute Gasteiger partial charge is 0.252 e. The molecule has 16 heteroatoms. The number of imide groups is 1. The first-order valence-electron chi connectivity index (χ1n) is 11.9. The van der Waals surface area contributed by atoms with Crippen molar-refractivity contribution < 1.29 is 39.6 Å². The highest BCUT2D eigenvalue weighted by molar-refractivity contribution is 7.89. The van der Waals surface area contributed by atoms with Gasteiger partial charge in [0.25, 0.3) is 5.91 Å². The van der Waals surface area contributed by atoms with Crippen LogP contribution in [-0.4, -0.2) is 61.1 Å². The Morgan fingerprint density at radius 1 is 0.780 bits per heavy atom. The van der Waals surface area contributed by atoms with Gasteiger partial charge in [0.1, 0.15) is 11.8 Å². The summed E-state index contributed by atoms with van der Waals surface area (Å²) in [4.78, 5) is 26.8. The maximum Gasteiger partial charge on any atom is 0.252 e. The van der Waals surface area contributed by atoms with Crippen molar-refractivity contribution in [1.82, 2.24) is 4.31 Å². The number of carbonyl (C=O) groups excluding carboxylic acids is 2. The highest BCUT2D eigenvalue weighted by Crippen LogP contribution is 2.30. The van der Waals surface area contributed by atoms with Crippen molar-refractivity contribution >= 4 is 47.6 Å². The highest BCUT2D eigenvalue weighted by Gasteiger charge is 2.46. The lowest BCUT2D eigenvalue weighted by Gasteiger charge is -2.27. The molecule has 1 unspecified atom stereocenters. The average Bonchev–Trinajstić information content (AvgIpc) is 3.21. The van der Waals surface area contributed by atoms with Gasteiger partial charge in [-0.25, -0.2) is 40.4 Å². The van der Waals surface area contributed by atoms with E-state index in [1.165, 1.54) is 67.8 Å². The Hall–Kier alpha value is -3.67. The first-order valence-corrected chi connectivity index (χ1v) is 16.4. The summed E-state index contributed by atoms with van der Waals surface area (Å²) in [7, 11) is -10.9. The number of hydrogen-bond acceptors (Lipinski definition) is 9. The number of rotatable bonds is 10. The van der Waals surface area contributed by atoms with Gasteiger partial charge in [0, 0.05) is 6.54 Å². The van der Waals surface area contributed by atoms with E-state index in [-0.39, 0.29) is 33.3 Å². The van der Waals surface area contributed by atoms with Crippen LogP contribution in [0.25, 0.3) is 0 Å². The fraction of sp³-hybridized carbons (Fsp3) is 0.200. The van der Waals surface area contributed by atoms with Gasteiger partial charge in [-0.2, -0.15) is 4.31 Å². The molecule has 218 valence electrons. The number of sulfonamides is 3. The minimum Gasteiger partial charge on any atom is -0.497 e. The van der Waals surface area contributed by atoms with Crippen molar-refractivity contribution in [2.75, 3.05) is 18.6 Å². The van der Waals surface area contributed by atoms with Crippen LogP contribution in [0.2, 0.25) is 0 Å². The molecule has 41 heavy (non-hydrogen) atoms. The minimum absolute atomic E-state index is 0.0512. The van der Waals surface area contributed by atoms with E-state index in [9.17, 15) is 34.8 Å².